The van der Waals surface area contributed by atoms with Crippen LogP contribution in [0.15, 0.2) is 72.9 Å². The molecule has 8 heteroatoms. The van der Waals surface area contributed by atoms with E-state index in [4.69, 9.17) is 21.9 Å². The average Bonchev–Trinajstić information content (AvgIpc) is 3.43. The predicted octanol–water partition coefficient (Wildman–Crippen LogP) is 6.20. The third-order valence-electron chi connectivity index (χ3n) is 7.27. The lowest BCUT2D eigenvalue weighted by atomic mass is 9.96. The molecule has 200 valence electrons. The van der Waals surface area contributed by atoms with Crippen molar-refractivity contribution in [3.63, 3.8) is 0 Å². The number of thiocarbonyl (C=S) groups is 1. The first-order valence-electron chi connectivity index (χ1n) is 13.1. The zero-order valence-corrected chi connectivity index (χ0v) is 23.7. The summed E-state index contributed by atoms with van der Waals surface area (Å²) in [5.74, 6) is 0.410. The van der Waals surface area contributed by atoms with Gasteiger partial charge in [0.15, 0.2) is 5.11 Å². The van der Waals surface area contributed by atoms with Gasteiger partial charge in [-0.05, 0) is 86.1 Å². The number of nitrogens with one attached hydrogen (secondary N) is 2. The molecule has 1 aliphatic heterocycles. The van der Waals surface area contributed by atoms with E-state index in [9.17, 15) is 4.79 Å². The highest BCUT2D eigenvalue weighted by atomic mass is 32.1. The lowest BCUT2D eigenvalue weighted by molar-refractivity contribution is -0.114. The van der Waals surface area contributed by atoms with Gasteiger partial charge in [0.2, 0.25) is 5.91 Å². The number of hydrogen-bond donors (Lipinski definition) is 2. The smallest absolute Gasteiger partial charge is 0.221 e. The first kappa shape index (κ1) is 26.4. The summed E-state index contributed by atoms with van der Waals surface area (Å²) in [6, 6.07) is 22.1. The summed E-state index contributed by atoms with van der Waals surface area (Å²) in [7, 11) is 1.59. The van der Waals surface area contributed by atoms with Gasteiger partial charge in [0, 0.05) is 35.9 Å². The highest BCUT2D eigenvalue weighted by Gasteiger charge is 2.42. The van der Waals surface area contributed by atoms with Gasteiger partial charge in [-0.2, -0.15) is 0 Å². The topological polar surface area (TPSA) is 71.4 Å². The Hall–Kier alpha value is -4.17. The number of methoxy groups -OCH3 is 1. The minimum atomic E-state index is -0.181. The fourth-order valence-electron chi connectivity index (χ4n) is 5.57. The number of para-hydroxylation sites is 1. The second kappa shape index (κ2) is 10.9. The number of aryl methyl sites for hydroxylation is 2. The van der Waals surface area contributed by atoms with E-state index in [1.165, 1.54) is 18.2 Å². The zero-order valence-electron chi connectivity index (χ0n) is 22.9. The zero-order chi connectivity index (χ0) is 27.7. The Balaban J connectivity index is 1.69. The molecule has 1 saturated heterocycles. The van der Waals surface area contributed by atoms with Gasteiger partial charge in [-0.1, -0.05) is 31.2 Å². The molecule has 5 rings (SSSR count). The van der Waals surface area contributed by atoms with Crippen molar-refractivity contribution in [2.45, 2.75) is 46.2 Å². The van der Waals surface area contributed by atoms with Crippen LogP contribution in [0.2, 0.25) is 0 Å². The van der Waals surface area contributed by atoms with Crippen molar-refractivity contribution >= 4 is 34.6 Å². The number of aromatic nitrogens is 2. The molecule has 7 nitrogen and oxygen atoms in total. The summed E-state index contributed by atoms with van der Waals surface area (Å²) in [5.41, 5.74) is 8.26. The van der Waals surface area contributed by atoms with Crippen LogP contribution in [0.3, 0.4) is 0 Å². The number of pyridine rings is 1. The molecule has 3 heterocycles. The normalized spacial score (nSPS) is 16.7. The Bertz CT molecular complexity index is 1530. The largest absolute Gasteiger partial charge is 0.495 e. The van der Waals surface area contributed by atoms with Crippen molar-refractivity contribution in [3.05, 3.63) is 101 Å². The summed E-state index contributed by atoms with van der Waals surface area (Å²) < 4.78 is 7.84. The molecule has 2 N–H and O–H groups in total. The number of hydrogen-bond acceptors (Lipinski definition) is 4. The number of rotatable bonds is 7. The number of carbonyl (C=O) groups excluding carboxylic acids is 1. The Labute approximate surface area is 234 Å². The highest BCUT2D eigenvalue weighted by molar-refractivity contribution is 7.80. The van der Waals surface area contributed by atoms with Gasteiger partial charge in [0.25, 0.3) is 0 Å². The maximum atomic E-state index is 11.9. The quantitative estimate of drug-likeness (QED) is 0.273. The molecule has 2 aromatic heterocycles. The van der Waals surface area contributed by atoms with Crippen molar-refractivity contribution in [1.29, 1.82) is 0 Å². The van der Waals surface area contributed by atoms with Crippen LogP contribution in [0.25, 0.3) is 5.69 Å². The Morgan fingerprint density at radius 2 is 1.87 bits per heavy atom. The number of amides is 1. The van der Waals surface area contributed by atoms with Crippen LogP contribution in [0.5, 0.6) is 5.75 Å². The van der Waals surface area contributed by atoms with Crippen LogP contribution in [-0.4, -0.2) is 27.7 Å². The number of nitrogens with zero attached hydrogens (tertiary/aromatic N) is 3. The predicted molar refractivity (Wildman–Crippen MR) is 160 cm³/mol. The van der Waals surface area contributed by atoms with Crippen molar-refractivity contribution in [3.8, 4) is 11.4 Å². The fraction of sp³-hybridized carbons (Fsp3) is 0.258. The van der Waals surface area contributed by atoms with Gasteiger partial charge < -0.3 is 24.8 Å². The summed E-state index contributed by atoms with van der Waals surface area (Å²) in [6.45, 7) is 7.98. The Morgan fingerprint density at radius 3 is 2.56 bits per heavy atom. The van der Waals surface area contributed by atoms with Crippen molar-refractivity contribution in [1.82, 2.24) is 14.9 Å². The van der Waals surface area contributed by atoms with Gasteiger partial charge >= 0.3 is 0 Å². The van der Waals surface area contributed by atoms with E-state index < -0.39 is 0 Å². The summed E-state index contributed by atoms with van der Waals surface area (Å²) in [5, 5.41) is 7.02. The fourth-order valence-corrected chi connectivity index (χ4v) is 5.91. The average molecular weight is 540 g/mol. The van der Waals surface area contributed by atoms with Crippen molar-refractivity contribution < 1.29 is 9.53 Å². The molecule has 1 aliphatic rings. The van der Waals surface area contributed by atoms with Crippen LogP contribution in [-0.2, 0) is 11.2 Å². The molecule has 2 aromatic carbocycles. The molecule has 1 fully saturated rings. The van der Waals surface area contributed by atoms with Crippen molar-refractivity contribution in [2.75, 3.05) is 17.3 Å². The number of benzene rings is 2. The van der Waals surface area contributed by atoms with Crippen molar-refractivity contribution in [2.24, 2.45) is 0 Å². The van der Waals surface area contributed by atoms with E-state index in [-0.39, 0.29) is 18.0 Å². The molecule has 0 unspecified atom stereocenters. The minimum Gasteiger partial charge on any atom is -0.495 e. The standard InChI is InChI=1S/C31H33N5O2S/c1-6-22-11-7-8-13-27(22)35-19(2)17-24(20(35)3)30-29(25-12-9-10-16-32-25)34-31(39)36(30)23-14-15-28(38-5)26(18-23)33-21(4)37/h7-18,29-30H,6H2,1-5H3,(H,33,37)(H,34,39)/t29-,30-/m1/s1. The third-order valence-corrected chi connectivity index (χ3v) is 7.59. The molecule has 0 spiro atoms. The molecule has 0 radical (unpaired) electrons. The number of anilines is 2. The number of carbonyl (C=O) groups is 1. The van der Waals surface area contributed by atoms with E-state index in [2.05, 4.69) is 71.2 Å². The first-order valence-corrected chi connectivity index (χ1v) is 13.5. The molecular formula is C31H33N5O2S. The first-order chi connectivity index (χ1) is 18.8. The summed E-state index contributed by atoms with van der Waals surface area (Å²) >= 11 is 5.95. The second-order valence-electron chi connectivity index (χ2n) is 9.71. The van der Waals surface area contributed by atoms with Gasteiger partial charge in [0.1, 0.15) is 5.75 Å². The second-order valence-corrected chi connectivity index (χ2v) is 10.1. The van der Waals surface area contributed by atoms with E-state index in [1.54, 1.807) is 7.11 Å². The van der Waals surface area contributed by atoms with Gasteiger partial charge in [-0.25, -0.2) is 0 Å². The summed E-state index contributed by atoms with van der Waals surface area (Å²) in [4.78, 5) is 18.8. The Morgan fingerprint density at radius 1 is 1.10 bits per heavy atom. The number of ether oxygens (including phenoxy) is 1. The van der Waals surface area contributed by atoms with Crippen LogP contribution in [0.1, 0.15) is 54.1 Å². The third kappa shape index (κ3) is 4.88. The van der Waals surface area contributed by atoms with Crippen LogP contribution in [0.4, 0.5) is 11.4 Å². The van der Waals surface area contributed by atoms with E-state index in [0.717, 1.165) is 34.8 Å². The van der Waals surface area contributed by atoms with Gasteiger partial charge in [-0.3, -0.25) is 9.78 Å². The van der Waals surface area contributed by atoms with Crippen LogP contribution >= 0.6 is 12.2 Å². The molecular weight excluding hydrogens is 506 g/mol. The molecule has 4 aromatic rings. The minimum absolute atomic E-state index is 0.173. The maximum Gasteiger partial charge on any atom is 0.221 e. The lowest BCUT2D eigenvalue weighted by Crippen LogP contribution is -2.29. The van der Waals surface area contributed by atoms with Gasteiger partial charge in [0.05, 0.1) is 30.6 Å². The van der Waals surface area contributed by atoms with E-state index in [0.29, 0.717) is 16.5 Å². The monoisotopic (exact) mass is 539 g/mol. The van der Waals surface area contributed by atoms with Gasteiger partial charge in [-0.15, -0.1) is 0 Å². The molecule has 0 aliphatic carbocycles. The molecule has 2 atom stereocenters. The van der Waals surface area contributed by atoms with Crippen LogP contribution < -0.4 is 20.3 Å². The highest BCUT2D eigenvalue weighted by Crippen LogP contribution is 2.45. The SMILES string of the molecule is CCc1ccccc1-n1c(C)cc([C@@H]2[C@@H](c3ccccn3)NC(=S)N2c2ccc(OC)c(NC(C)=O)c2)c1C. The molecule has 39 heavy (non-hydrogen) atoms. The summed E-state index contributed by atoms with van der Waals surface area (Å²) in [6.07, 6.45) is 2.75. The van der Waals surface area contributed by atoms with Crippen LogP contribution in [0, 0.1) is 13.8 Å². The molecule has 0 bridgehead atoms. The maximum absolute atomic E-state index is 11.9. The van der Waals surface area contributed by atoms with E-state index in [1.807, 2.05) is 42.6 Å². The molecule has 0 saturated carbocycles. The van der Waals surface area contributed by atoms with E-state index >= 15 is 0 Å². The lowest BCUT2D eigenvalue weighted by Gasteiger charge is -2.29. The Kier molecular flexibility index (Phi) is 7.39. The molecule has 1 amide bonds.